The van der Waals surface area contributed by atoms with Gasteiger partial charge in [-0.05, 0) is 145 Å². The second-order valence-corrected chi connectivity index (χ2v) is 16.8. The number of fused-ring (bicyclic) bond motifs is 9. The smallest absolute Gasteiger partial charge is 0.146 e. The lowest BCUT2D eigenvalue weighted by atomic mass is 9.75. The van der Waals surface area contributed by atoms with Gasteiger partial charge in [-0.2, -0.15) is 5.10 Å². The van der Waals surface area contributed by atoms with E-state index in [1.165, 1.54) is 0 Å². The van der Waals surface area contributed by atoms with E-state index in [1.807, 2.05) is 48.5 Å². The van der Waals surface area contributed by atoms with Crippen molar-refractivity contribution < 1.29 is 23.7 Å². The van der Waals surface area contributed by atoms with Gasteiger partial charge in [0.15, 0.2) is 0 Å². The summed E-state index contributed by atoms with van der Waals surface area (Å²) in [5.74, 6) is 4.61. The molecule has 9 heteroatoms. The third-order valence-electron chi connectivity index (χ3n) is 12.2. The van der Waals surface area contributed by atoms with E-state index >= 15 is 0 Å². The molecule has 0 atom stereocenters. The van der Waals surface area contributed by atoms with Gasteiger partial charge in [-0.25, -0.2) is 4.68 Å². The van der Waals surface area contributed by atoms with Crippen LogP contribution >= 0.6 is 0 Å². The zero-order valence-corrected chi connectivity index (χ0v) is 36.4. The largest absolute Gasteiger partial charge is 0.497 e. The number of aromatic nitrogens is 2. The van der Waals surface area contributed by atoms with Crippen LogP contribution in [-0.4, -0.2) is 38.2 Å². The monoisotopic (exact) mass is 832 g/mol. The summed E-state index contributed by atoms with van der Waals surface area (Å²) in [6, 6.07) is 56.5. The SMILES string of the molecule is COc1ccc(N(c2ccc(OC)cc2)c2ccc3c(c2)C2(c4cc(N(c5ccc(OC)cc5)c5ccc(OC)cc5)ccc4O3)c3ccccc3-c3cc(C(C)(C)C)nn32)cc1. The number of hydrogen-bond donors (Lipinski definition) is 0. The summed E-state index contributed by atoms with van der Waals surface area (Å²) in [6.45, 7) is 6.65. The summed E-state index contributed by atoms with van der Waals surface area (Å²) in [7, 11) is 6.74. The molecule has 0 aliphatic carbocycles. The van der Waals surface area contributed by atoms with Crippen LogP contribution in [0.2, 0.25) is 0 Å². The molecule has 1 aromatic heterocycles. The Morgan fingerprint density at radius 1 is 0.460 bits per heavy atom. The van der Waals surface area contributed by atoms with Gasteiger partial charge in [0.2, 0.25) is 0 Å². The van der Waals surface area contributed by atoms with Crippen LogP contribution in [0.1, 0.15) is 43.2 Å². The number of methoxy groups -OCH3 is 4. The summed E-state index contributed by atoms with van der Waals surface area (Å²) >= 11 is 0. The van der Waals surface area contributed by atoms with Crippen molar-refractivity contribution in [3.8, 4) is 45.8 Å². The lowest BCUT2D eigenvalue weighted by molar-refractivity contribution is 0.377. The van der Waals surface area contributed by atoms with Gasteiger partial charge in [-0.15, -0.1) is 0 Å². The fourth-order valence-electron chi connectivity index (χ4n) is 8.99. The van der Waals surface area contributed by atoms with Crippen molar-refractivity contribution in [2.24, 2.45) is 0 Å². The van der Waals surface area contributed by atoms with E-state index < -0.39 is 5.54 Å². The molecule has 2 aliphatic rings. The van der Waals surface area contributed by atoms with E-state index in [0.29, 0.717) is 0 Å². The van der Waals surface area contributed by atoms with Crippen LogP contribution in [0.4, 0.5) is 34.1 Å². The quantitative estimate of drug-likeness (QED) is 0.135. The van der Waals surface area contributed by atoms with Crippen LogP contribution in [0.5, 0.6) is 34.5 Å². The van der Waals surface area contributed by atoms with Crippen LogP contribution in [0.3, 0.4) is 0 Å². The summed E-state index contributed by atoms with van der Waals surface area (Å²) in [6.07, 6.45) is 0. The van der Waals surface area contributed by atoms with Gasteiger partial charge in [-0.3, -0.25) is 0 Å². The average molecular weight is 833 g/mol. The summed E-state index contributed by atoms with van der Waals surface area (Å²) in [4.78, 5) is 4.50. The van der Waals surface area contributed by atoms with Gasteiger partial charge >= 0.3 is 0 Å². The van der Waals surface area contributed by atoms with Gasteiger partial charge in [0.25, 0.3) is 0 Å². The van der Waals surface area contributed by atoms with E-state index in [1.54, 1.807) is 28.4 Å². The van der Waals surface area contributed by atoms with E-state index in [4.69, 9.17) is 28.8 Å². The molecule has 0 radical (unpaired) electrons. The van der Waals surface area contributed by atoms with Crippen LogP contribution in [0, 0.1) is 0 Å². The number of rotatable bonds is 10. The predicted molar refractivity (Wildman–Crippen MR) is 250 cm³/mol. The number of ether oxygens (including phenoxy) is 5. The lowest BCUT2D eigenvalue weighted by Gasteiger charge is -2.40. The molecule has 2 aliphatic heterocycles. The molecule has 314 valence electrons. The maximum atomic E-state index is 7.04. The average Bonchev–Trinajstić information content (AvgIpc) is 3.89. The Hall–Kier alpha value is -7.65. The third kappa shape index (κ3) is 6.50. The van der Waals surface area contributed by atoms with E-state index in [9.17, 15) is 0 Å². The Balaban J connectivity index is 1.25. The number of nitrogens with zero attached hydrogens (tertiary/aromatic N) is 4. The first kappa shape index (κ1) is 39.5. The zero-order chi connectivity index (χ0) is 43.5. The fraction of sp³-hybridized carbons (Fsp3) is 0.167. The Kier molecular flexibility index (Phi) is 9.63. The highest BCUT2D eigenvalue weighted by Gasteiger charge is 2.53. The molecule has 9 nitrogen and oxygen atoms in total. The molecule has 8 aromatic rings. The lowest BCUT2D eigenvalue weighted by Crippen LogP contribution is -2.39. The molecule has 0 amide bonds. The van der Waals surface area contributed by atoms with Crippen molar-refractivity contribution in [3.05, 3.63) is 186 Å². The number of hydrogen-bond acceptors (Lipinski definition) is 8. The molecular weight excluding hydrogens is 785 g/mol. The molecule has 0 saturated carbocycles. The van der Waals surface area contributed by atoms with Crippen LogP contribution in [0.15, 0.2) is 164 Å². The summed E-state index contributed by atoms with van der Waals surface area (Å²) in [5.41, 5.74) is 10.8. The zero-order valence-electron chi connectivity index (χ0n) is 36.4. The van der Waals surface area contributed by atoms with Gasteiger partial charge in [0.05, 0.1) is 39.8 Å². The van der Waals surface area contributed by atoms with Crippen molar-refractivity contribution >= 4 is 34.1 Å². The maximum Gasteiger partial charge on any atom is 0.146 e. The number of benzene rings is 7. The molecule has 7 aromatic carbocycles. The van der Waals surface area contributed by atoms with Gasteiger partial charge in [-0.1, -0.05) is 45.0 Å². The van der Waals surface area contributed by atoms with Gasteiger partial charge in [0.1, 0.15) is 40.0 Å². The van der Waals surface area contributed by atoms with Crippen LogP contribution < -0.4 is 33.5 Å². The maximum absolute atomic E-state index is 7.04. The van der Waals surface area contributed by atoms with E-state index in [2.05, 4.69) is 151 Å². The second-order valence-electron chi connectivity index (χ2n) is 16.8. The van der Waals surface area contributed by atoms with Crippen molar-refractivity contribution in [1.82, 2.24) is 9.78 Å². The normalized spacial score (nSPS) is 12.9. The molecule has 0 bridgehead atoms. The molecule has 0 saturated heterocycles. The van der Waals surface area contributed by atoms with Crippen molar-refractivity contribution in [3.63, 3.8) is 0 Å². The number of anilines is 6. The molecule has 0 N–H and O–H groups in total. The Labute approximate surface area is 368 Å². The Morgan fingerprint density at radius 3 is 1.22 bits per heavy atom. The van der Waals surface area contributed by atoms with Crippen molar-refractivity contribution in [2.45, 2.75) is 31.7 Å². The topological polar surface area (TPSA) is 70.5 Å². The van der Waals surface area contributed by atoms with E-state index in [0.717, 1.165) is 102 Å². The Morgan fingerprint density at radius 2 is 0.841 bits per heavy atom. The first-order valence-electron chi connectivity index (χ1n) is 21.0. The first-order valence-corrected chi connectivity index (χ1v) is 21.0. The minimum atomic E-state index is -0.943. The second kappa shape index (κ2) is 15.4. The van der Waals surface area contributed by atoms with Gasteiger partial charge in [0, 0.05) is 56.2 Å². The minimum absolute atomic E-state index is 0.215. The van der Waals surface area contributed by atoms with Crippen molar-refractivity contribution in [1.29, 1.82) is 0 Å². The highest BCUT2D eigenvalue weighted by atomic mass is 16.5. The van der Waals surface area contributed by atoms with Gasteiger partial charge < -0.3 is 33.5 Å². The predicted octanol–water partition coefficient (Wildman–Crippen LogP) is 13.1. The van der Waals surface area contributed by atoms with E-state index in [-0.39, 0.29) is 5.41 Å². The molecule has 0 fully saturated rings. The fourth-order valence-corrected chi connectivity index (χ4v) is 8.99. The standard InChI is InChI=1S/C54H48N4O5/c1-53(2,3)52-34-49-45-10-8-9-11-46(45)54(58(49)55-52)47-32-39(56(35-12-22-41(59-4)23-13-35)36-14-24-42(60-5)25-15-36)20-30-50(47)63-51-31-21-40(33-48(51)54)57(37-16-26-43(61-6)27-17-37)38-18-28-44(62-7)29-19-38/h8-34H,1-7H3. The molecule has 1 spiro atoms. The molecule has 63 heavy (non-hydrogen) atoms. The molecule has 10 rings (SSSR count). The summed E-state index contributed by atoms with van der Waals surface area (Å²) < 4.78 is 31.6. The third-order valence-corrected chi connectivity index (χ3v) is 12.2. The van der Waals surface area contributed by atoms with Crippen LogP contribution in [-0.2, 0) is 11.0 Å². The van der Waals surface area contributed by atoms with Crippen molar-refractivity contribution in [2.75, 3.05) is 38.2 Å². The molecule has 0 unspecified atom stereocenters. The minimum Gasteiger partial charge on any atom is -0.497 e. The summed E-state index contributed by atoms with van der Waals surface area (Å²) in [5, 5.41) is 5.59. The highest BCUT2D eigenvalue weighted by Crippen LogP contribution is 2.60. The Bertz CT molecular complexity index is 2710. The highest BCUT2D eigenvalue weighted by molar-refractivity contribution is 5.85. The van der Waals surface area contributed by atoms with Crippen LogP contribution in [0.25, 0.3) is 11.3 Å². The first-order chi connectivity index (χ1) is 30.6. The molecular formula is C54H48N4O5. The molecule has 3 heterocycles.